The topological polar surface area (TPSA) is 133 Å². The first kappa shape index (κ1) is 29.6. The van der Waals surface area contributed by atoms with Crippen molar-refractivity contribution in [2.45, 2.75) is 44.8 Å². The van der Waals surface area contributed by atoms with Gasteiger partial charge in [0.1, 0.15) is 18.2 Å². The van der Waals surface area contributed by atoms with Crippen LogP contribution in [-0.4, -0.2) is 56.3 Å². The molecule has 3 aromatic carbocycles. The van der Waals surface area contributed by atoms with E-state index in [0.29, 0.717) is 27.7 Å². The van der Waals surface area contributed by atoms with E-state index in [2.05, 4.69) is 15.5 Å². The Kier molecular flexibility index (Phi) is 7.80. The van der Waals surface area contributed by atoms with E-state index >= 15 is 0 Å². The van der Waals surface area contributed by atoms with Crippen molar-refractivity contribution in [2.75, 3.05) is 6.61 Å². The Hall–Kier alpha value is -5.51. The first-order valence-corrected chi connectivity index (χ1v) is 14.6. The largest absolute Gasteiger partial charge is 0.480 e. The molecule has 0 saturated carbocycles. The van der Waals surface area contributed by atoms with Crippen LogP contribution in [0.15, 0.2) is 91.3 Å². The minimum atomic E-state index is -1.33. The van der Waals surface area contributed by atoms with Crippen LogP contribution in [0.25, 0.3) is 33.3 Å². The number of carboxylic acids is 1. The second kappa shape index (κ2) is 11.9. The number of carboxylic acid groups (broad SMARTS) is 1. The number of benzene rings is 3. The zero-order valence-corrected chi connectivity index (χ0v) is 25.1. The number of carbonyl (C=O) groups excluding carboxylic acids is 2. The van der Waals surface area contributed by atoms with E-state index in [-0.39, 0.29) is 18.9 Å². The summed E-state index contributed by atoms with van der Waals surface area (Å²) in [6, 6.07) is 23.5. The number of amides is 1. The maximum atomic E-state index is 13.4. The van der Waals surface area contributed by atoms with Gasteiger partial charge >= 0.3 is 18.2 Å². The molecule has 1 aliphatic carbocycles. The Balaban J connectivity index is 1.26. The summed E-state index contributed by atoms with van der Waals surface area (Å²) in [5, 5.41) is 21.4. The van der Waals surface area contributed by atoms with Crippen LogP contribution >= 0.6 is 0 Å². The molecule has 45 heavy (non-hydrogen) atoms. The van der Waals surface area contributed by atoms with Gasteiger partial charge in [0.25, 0.3) is 0 Å². The Labute approximate surface area is 259 Å². The fourth-order valence-corrected chi connectivity index (χ4v) is 5.82. The Morgan fingerprint density at radius 1 is 0.911 bits per heavy atom. The highest BCUT2D eigenvalue weighted by molar-refractivity contribution is 6.01. The first-order chi connectivity index (χ1) is 21.6. The summed E-state index contributed by atoms with van der Waals surface area (Å²) in [4.78, 5) is 38.8. The Morgan fingerprint density at radius 3 is 2.20 bits per heavy atom. The van der Waals surface area contributed by atoms with Crippen LogP contribution in [0.3, 0.4) is 0 Å². The van der Waals surface area contributed by atoms with Gasteiger partial charge in [-0.15, -0.1) is 0 Å². The maximum absolute atomic E-state index is 13.4. The van der Waals surface area contributed by atoms with Crippen LogP contribution in [0.4, 0.5) is 9.59 Å². The summed E-state index contributed by atoms with van der Waals surface area (Å²) < 4.78 is 12.6. The monoisotopic (exact) mass is 604 g/mol. The molecule has 1 atom stereocenters. The first-order valence-electron chi connectivity index (χ1n) is 14.6. The molecule has 10 nitrogen and oxygen atoms in total. The molecule has 228 valence electrons. The summed E-state index contributed by atoms with van der Waals surface area (Å²) in [5.74, 6) is -1.41. The van der Waals surface area contributed by atoms with Gasteiger partial charge in [-0.3, -0.25) is 4.57 Å². The van der Waals surface area contributed by atoms with Gasteiger partial charge in [0.15, 0.2) is 0 Å². The van der Waals surface area contributed by atoms with Gasteiger partial charge < -0.3 is 19.9 Å². The van der Waals surface area contributed by atoms with Crippen molar-refractivity contribution < 1.29 is 29.0 Å². The molecule has 10 heteroatoms. The van der Waals surface area contributed by atoms with E-state index in [1.807, 2.05) is 48.5 Å². The fraction of sp³-hybridized carbons (Fsp3) is 0.229. The number of nitrogens with zero attached hydrogens (tertiary/aromatic N) is 3. The minimum Gasteiger partial charge on any atom is -0.480 e. The van der Waals surface area contributed by atoms with Crippen molar-refractivity contribution in [2.24, 2.45) is 0 Å². The van der Waals surface area contributed by atoms with Crippen molar-refractivity contribution in [3.8, 4) is 22.4 Å². The number of carbonyl (C=O) groups is 3. The van der Waals surface area contributed by atoms with E-state index in [1.54, 1.807) is 63.5 Å². The third-order valence-electron chi connectivity index (χ3n) is 7.70. The van der Waals surface area contributed by atoms with E-state index in [1.165, 1.54) is 4.57 Å². The van der Waals surface area contributed by atoms with Crippen molar-refractivity contribution in [1.29, 1.82) is 0 Å². The Bertz CT molecular complexity index is 1870. The van der Waals surface area contributed by atoms with Gasteiger partial charge in [0, 0.05) is 35.7 Å². The number of ether oxygens (including phenoxy) is 2. The second-order valence-electron chi connectivity index (χ2n) is 11.9. The number of nitrogens with one attached hydrogen (secondary N) is 1. The number of alkyl carbamates (subject to hydrolysis) is 1. The average molecular weight is 605 g/mol. The molecule has 2 aromatic heterocycles. The number of hydrogen-bond donors (Lipinski definition) is 2. The maximum Gasteiger partial charge on any atom is 0.419 e. The lowest BCUT2D eigenvalue weighted by Gasteiger charge is -2.20. The summed E-state index contributed by atoms with van der Waals surface area (Å²) in [7, 11) is 0. The number of para-hydroxylation sites is 1. The zero-order valence-electron chi connectivity index (χ0n) is 25.1. The summed E-state index contributed by atoms with van der Waals surface area (Å²) in [6.45, 7) is 5.34. The summed E-state index contributed by atoms with van der Waals surface area (Å²) in [6.07, 6.45) is 1.50. The van der Waals surface area contributed by atoms with Gasteiger partial charge in [0.05, 0.1) is 11.2 Å². The highest BCUT2D eigenvalue weighted by atomic mass is 16.6. The molecule has 0 bridgehead atoms. The van der Waals surface area contributed by atoms with E-state index < -0.39 is 29.8 Å². The van der Waals surface area contributed by atoms with Crippen molar-refractivity contribution in [3.63, 3.8) is 0 Å². The van der Waals surface area contributed by atoms with Gasteiger partial charge in [-0.05, 0) is 60.7 Å². The smallest absolute Gasteiger partial charge is 0.419 e. The molecule has 6 rings (SSSR count). The van der Waals surface area contributed by atoms with Crippen LogP contribution in [0.2, 0.25) is 0 Å². The molecule has 0 aliphatic heterocycles. The third-order valence-corrected chi connectivity index (χ3v) is 7.70. The lowest BCUT2D eigenvalue weighted by atomic mass is 9.98. The van der Waals surface area contributed by atoms with Gasteiger partial charge in [-0.1, -0.05) is 66.7 Å². The predicted molar refractivity (Wildman–Crippen MR) is 168 cm³/mol. The number of aliphatic carboxylic acids is 1. The summed E-state index contributed by atoms with van der Waals surface area (Å²) >= 11 is 0. The molecular weight excluding hydrogens is 572 g/mol. The van der Waals surface area contributed by atoms with Crippen LogP contribution in [0.1, 0.15) is 43.4 Å². The molecule has 1 aliphatic rings. The molecule has 0 unspecified atom stereocenters. The highest BCUT2D eigenvalue weighted by Crippen LogP contribution is 2.44. The molecule has 5 aromatic rings. The zero-order chi connectivity index (χ0) is 31.7. The van der Waals surface area contributed by atoms with Crippen LogP contribution in [0, 0.1) is 0 Å². The predicted octanol–water partition coefficient (Wildman–Crippen LogP) is 6.42. The summed E-state index contributed by atoms with van der Waals surface area (Å²) in [5.41, 5.74) is 5.68. The number of rotatable bonds is 7. The van der Waals surface area contributed by atoms with Gasteiger partial charge in [0.2, 0.25) is 0 Å². The Morgan fingerprint density at radius 2 is 1.58 bits per heavy atom. The van der Waals surface area contributed by atoms with Gasteiger partial charge in [-0.2, -0.15) is 10.2 Å². The van der Waals surface area contributed by atoms with E-state index in [9.17, 15) is 19.5 Å². The lowest BCUT2D eigenvalue weighted by Crippen LogP contribution is -2.42. The van der Waals surface area contributed by atoms with Crippen LogP contribution in [-0.2, 0) is 20.7 Å². The molecule has 0 spiro atoms. The molecule has 0 radical (unpaired) electrons. The normalized spacial score (nSPS) is 13.1. The minimum absolute atomic E-state index is 0.0472. The van der Waals surface area contributed by atoms with Crippen molar-refractivity contribution >= 4 is 29.1 Å². The molecule has 1 amide bonds. The van der Waals surface area contributed by atoms with Crippen molar-refractivity contribution in [3.05, 3.63) is 108 Å². The third kappa shape index (κ3) is 5.99. The fourth-order valence-electron chi connectivity index (χ4n) is 5.82. The molecule has 0 fully saturated rings. The quantitative estimate of drug-likeness (QED) is 0.218. The van der Waals surface area contributed by atoms with Gasteiger partial charge in [-0.25, -0.2) is 14.4 Å². The SMILES string of the molecule is CC(C)(C)OC(=O)n1cc(C[C@H](NC(=O)OCC2c3ccccc3-c3ccccc32)C(=O)O)c2cccc(-c3cccnn3)c21. The van der Waals surface area contributed by atoms with Crippen LogP contribution < -0.4 is 5.32 Å². The standard InChI is InChI=1S/C35H32N4O6/c1-35(2,3)45-34(43)39-19-21(22-14-8-15-27(31(22)39)29-16-9-17-36-38-29)18-30(32(40)41)37-33(42)44-20-28-25-12-6-4-10-23(25)24-11-5-7-13-26(24)28/h4-17,19,28,30H,18,20H2,1-3H3,(H,37,42)(H,40,41)/t30-/m0/s1. The molecule has 2 heterocycles. The number of hydrogen-bond acceptors (Lipinski definition) is 7. The molecule has 0 saturated heterocycles. The van der Waals surface area contributed by atoms with Crippen molar-refractivity contribution in [1.82, 2.24) is 20.1 Å². The highest BCUT2D eigenvalue weighted by Gasteiger charge is 2.31. The second-order valence-corrected chi connectivity index (χ2v) is 11.9. The number of aromatic nitrogens is 3. The molecule has 2 N–H and O–H groups in total. The van der Waals surface area contributed by atoms with E-state index in [0.717, 1.165) is 22.3 Å². The average Bonchev–Trinajstić information content (AvgIpc) is 3.55. The number of fused-ring (bicyclic) bond motifs is 4. The van der Waals surface area contributed by atoms with Crippen LogP contribution in [0.5, 0.6) is 0 Å². The lowest BCUT2D eigenvalue weighted by molar-refractivity contribution is -0.139. The van der Waals surface area contributed by atoms with E-state index in [4.69, 9.17) is 9.47 Å². The molecular formula is C35H32N4O6.